The largest absolute Gasteiger partial charge is 0.208 e. The van der Waals surface area contributed by atoms with Crippen LogP contribution < -0.4 is 5.30 Å². The maximum absolute atomic E-state index is 4.70. The third-order valence-electron chi connectivity index (χ3n) is 3.87. The number of benzene rings is 3. The Labute approximate surface area is 149 Å². The molecule has 0 aliphatic heterocycles. The summed E-state index contributed by atoms with van der Waals surface area (Å²) in [5, 5.41) is 1.13. The summed E-state index contributed by atoms with van der Waals surface area (Å²) in [7, 11) is 2.69. The lowest BCUT2D eigenvalue weighted by molar-refractivity contribution is 1.07. The van der Waals surface area contributed by atoms with Crippen LogP contribution >= 0.6 is 9.24 Å². The van der Waals surface area contributed by atoms with E-state index in [1.54, 1.807) is 0 Å². The van der Waals surface area contributed by atoms with Gasteiger partial charge in [-0.2, -0.15) is 0 Å². The van der Waals surface area contributed by atoms with Gasteiger partial charge in [0.2, 0.25) is 0 Å². The van der Waals surface area contributed by atoms with Crippen LogP contribution in [-0.2, 0) is 0 Å². The molecule has 25 heavy (non-hydrogen) atoms. The van der Waals surface area contributed by atoms with Crippen LogP contribution in [0.5, 0.6) is 0 Å². The normalized spacial score (nSPS) is 10.6. The van der Waals surface area contributed by atoms with E-state index in [0.29, 0.717) is 17.5 Å². The minimum absolute atomic E-state index is 0.678. The van der Waals surface area contributed by atoms with Crippen molar-refractivity contribution in [1.82, 2.24) is 15.0 Å². The monoisotopic (exact) mass is 341 g/mol. The highest BCUT2D eigenvalue weighted by Gasteiger charge is 2.11. The molecule has 0 N–H and O–H groups in total. The van der Waals surface area contributed by atoms with E-state index in [0.717, 1.165) is 22.0 Å². The molecule has 1 heterocycles. The minimum Gasteiger partial charge on any atom is -0.208 e. The summed E-state index contributed by atoms with van der Waals surface area (Å²) >= 11 is 0. The molecule has 0 fully saturated rings. The lowest BCUT2D eigenvalue weighted by Gasteiger charge is -2.08. The van der Waals surface area contributed by atoms with Gasteiger partial charge < -0.3 is 0 Å². The van der Waals surface area contributed by atoms with E-state index in [1.165, 1.54) is 0 Å². The fraction of sp³-hybridized carbons (Fsp3) is 0. The van der Waals surface area contributed by atoms with Gasteiger partial charge in [0.1, 0.15) is 0 Å². The third kappa shape index (κ3) is 3.47. The Hall–Kier alpha value is -2.90. The van der Waals surface area contributed by atoms with Gasteiger partial charge in [0.15, 0.2) is 17.5 Å². The molecule has 0 saturated carbocycles. The van der Waals surface area contributed by atoms with Crippen molar-refractivity contribution in [2.24, 2.45) is 0 Å². The number of hydrogen-bond acceptors (Lipinski definition) is 3. The van der Waals surface area contributed by atoms with Crippen molar-refractivity contribution < 1.29 is 0 Å². The average molecular weight is 341 g/mol. The van der Waals surface area contributed by atoms with E-state index < -0.39 is 0 Å². The van der Waals surface area contributed by atoms with Crippen LogP contribution in [0.2, 0.25) is 0 Å². The van der Waals surface area contributed by atoms with Crippen molar-refractivity contribution in [1.29, 1.82) is 0 Å². The van der Waals surface area contributed by atoms with Crippen molar-refractivity contribution >= 4 is 14.5 Å². The molecule has 4 aromatic rings. The molecule has 0 spiro atoms. The van der Waals surface area contributed by atoms with E-state index in [-0.39, 0.29) is 0 Å². The highest BCUT2D eigenvalue weighted by atomic mass is 31.0. The molecular weight excluding hydrogens is 325 g/mol. The predicted octanol–water partition coefficient (Wildman–Crippen LogP) is 4.37. The maximum atomic E-state index is 4.70. The molecule has 4 rings (SSSR count). The lowest BCUT2D eigenvalue weighted by atomic mass is 10.1. The van der Waals surface area contributed by atoms with Gasteiger partial charge in [-0.3, -0.25) is 0 Å². The highest BCUT2D eigenvalue weighted by molar-refractivity contribution is 7.27. The van der Waals surface area contributed by atoms with Crippen LogP contribution in [0.3, 0.4) is 0 Å². The molecule has 1 aromatic heterocycles. The Kier molecular flexibility index (Phi) is 4.32. The van der Waals surface area contributed by atoms with E-state index in [9.17, 15) is 0 Å². The van der Waals surface area contributed by atoms with Gasteiger partial charge >= 0.3 is 0 Å². The fourth-order valence-electron chi connectivity index (χ4n) is 2.57. The topological polar surface area (TPSA) is 38.7 Å². The smallest absolute Gasteiger partial charge is 0.164 e. The second-order valence-electron chi connectivity index (χ2n) is 5.66. The van der Waals surface area contributed by atoms with Gasteiger partial charge in [0.25, 0.3) is 0 Å². The fourth-order valence-corrected chi connectivity index (χ4v) is 2.76. The Morgan fingerprint density at radius 1 is 0.440 bits per heavy atom. The van der Waals surface area contributed by atoms with E-state index in [4.69, 9.17) is 15.0 Å². The second kappa shape index (κ2) is 6.92. The molecule has 120 valence electrons. The molecule has 3 nitrogen and oxygen atoms in total. The summed E-state index contributed by atoms with van der Waals surface area (Å²) in [6.07, 6.45) is 0. The molecule has 0 radical (unpaired) electrons. The Morgan fingerprint density at radius 2 is 0.800 bits per heavy atom. The summed E-state index contributed by atoms with van der Waals surface area (Å²) in [4.78, 5) is 14.1. The van der Waals surface area contributed by atoms with E-state index >= 15 is 0 Å². The molecule has 3 aromatic carbocycles. The van der Waals surface area contributed by atoms with Gasteiger partial charge in [0, 0.05) is 16.7 Å². The number of hydrogen-bond donors (Lipinski definition) is 0. The molecule has 0 aliphatic rings. The van der Waals surface area contributed by atoms with Crippen LogP contribution in [0.15, 0.2) is 84.9 Å². The van der Waals surface area contributed by atoms with Crippen LogP contribution in [0.4, 0.5) is 0 Å². The van der Waals surface area contributed by atoms with Crippen LogP contribution in [0, 0.1) is 0 Å². The van der Waals surface area contributed by atoms with Gasteiger partial charge in [-0.1, -0.05) is 84.9 Å². The zero-order chi connectivity index (χ0) is 17.1. The maximum Gasteiger partial charge on any atom is 0.164 e. The quantitative estimate of drug-likeness (QED) is 0.519. The van der Waals surface area contributed by atoms with Crippen molar-refractivity contribution in [2.45, 2.75) is 0 Å². The van der Waals surface area contributed by atoms with Gasteiger partial charge in [0.05, 0.1) is 0 Å². The van der Waals surface area contributed by atoms with Crippen LogP contribution in [-0.4, -0.2) is 15.0 Å². The Balaban J connectivity index is 1.90. The zero-order valence-corrected chi connectivity index (χ0v) is 14.7. The van der Waals surface area contributed by atoms with Crippen molar-refractivity contribution in [3.63, 3.8) is 0 Å². The zero-order valence-electron chi connectivity index (χ0n) is 13.5. The SMILES string of the molecule is Pc1ccc(-c2nc(-c3ccccc3)nc(-c3ccccc3)n2)cc1. The summed E-state index contributed by atoms with van der Waals surface area (Å²) in [6.45, 7) is 0. The Morgan fingerprint density at radius 3 is 1.20 bits per heavy atom. The standard InChI is InChI=1S/C21H16N3P/c25-18-13-11-17(12-14-18)21-23-19(15-7-3-1-4-8-15)22-20(24-21)16-9-5-2-6-10-16/h1-14H,25H2. The third-order valence-corrected chi connectivity index (χ3v) is 4.25. The first-order chi connectivity index (χ1) is 12.3. The van der Waals surface area contributed by atoms with Crippen LogP contribution in [0.1, 0.15) is 0 Å². The molecule has 0 saturated heterocycles. The van der Waals surface area contributed by atoms with Gasteiger partial charge in [-0.05, 0) is 5.30 Å². The van der Waals surface area contributed by atoms with Crippen molar-refractivity contribution in [3.05, 3.63) is 84.9 Å². The number of aromatic nitrogens is 3. The second-order valence-corrected chi connectivity index (χ2v) is 6.33. The van der Waals surface area contributed by atoms with Crippen LogP contribution in [0.25, 0.3) is 34.2 Å². The highest BCUT2D eigenvalue weighted by Crippen LogP contribution is 2.24. The van der Waals surface area contributed by atoms with E-state index in [2.05, 4.69) is 9.24 Å². The summed E-state index contributed by atoms with van der Waals surface area (Å²) in [6, 6.07) is 28.1. The molecule has 1 atom stereocenters. The molecule has 4 heteroatoms. The molecule has 1 unspecified atom stereocenters. The van der Waals surface area contributed by atoms with Gasteiger partial charge in [-0.15, -0.1) is 9.24 Å². The lowest BCUT2D eigenvalue weighted by Crippen LogP contribution is -2.00. The molecular formula is C21H16N3P. The molecule has 0 amide bonds. The number of nitrogens with zero attached hydrogens (tertiary/aromatic N) is 3. The summed E-state index contributed by atoms with van der Waals surface area (Å²) in [5.41, 5.74) is 2.93. The molecule has 0 bridgehead atoms. The predicted molar refractivity (Wildman–Crippen MR) is 105 cm³/mol. The van der Waals surface area contributed by atoms with E-state index in [1.807, 2.05) is 84.9 Å². The summed E-state index contributed by atoms with van der Waals surface area (Å²) in [5.74, 6) is 2.04. The van der Waals surface area contributed by atoms with Crippen molar-refractivity contribution in [2.75, 3.05) is 0 Å². The Bertz CT molecular complexity index is 927. The average Bonchev–Trinajstić information content (AvgIpc) is 2.69. The minimum atomic E-state index is 0.678. The van der Waals surface area contributed by atoms with Crippen molar-refractivity contribution in [3.8, 4) is 34.2 Å². The summed E-state index contributed by atoms with van der Waals surface area (Å²) < 4.78 is 0. The molecule has 0 aliphatic carbocycles. The first-order valence-electron chi connectivity index (χ1n) is 8.02. The number of rotatable bonds is 3. The van der Waals surface area contributed by atoms with Gasteiger partial charge in [-0.25, -0.2) is 15.0 Å². The first kappa shape index (κ1) is 15.6. The first-order valence-corrected chi connectivity index (χ1v) is 8.60.